The molecule has 7 heteroatoms. The third kappa shape index (κ3) is 3.31. The van der Waals surface area contributed by atoms with E-state index in [1.165, 1.54) is 24.2 Å². The minimum absolute atomic E-state index is 0. The summed E-state index contributed by atoms with van der Waals surface area (Å²) in [5.74, 6) is 0.941. The molecule has 0 unspecified atom stereocenters. The molecule has 2 N–H and O–H groups in total. The van der Waals surface area contributed by atoms with E-state index in [4.69, 9.17) is 0 Å². The number of aliphatic hydroxyl groups is 2. The number of hydrogen-bond donors (Lipinski definition) is 2. The van der Waals surface area contributed by atoms with Gasteiger partial charge in [0.2, 0.25) is 0 Å². The molecule has 4 bridgehead atoms. The average Bonchev–Trinajstić information content (AvgIpc) is 2.67. The van der Waals surface area contributed by atoms with Gasteiger partial charge in [-0.05, 0) is 79.2 Å². The number of aliphatic hydroxyl groups excluding tert-OH is 1. The Morgan fingerprint density at radius 1 is 0.806 bits per heavy atom. The molecule has 5 nitrogen and oxygen atoms in total. The molecule has 1 atom stereocenters. The van der Waals surface area contributed by atoms with Crippen molar-refractivity contribution in [3.05, 3.63) is 47.5 Å². The van der Waals surface area contributed by atoms with Gasteiger partial charge in [0, 0.05) is 55.5 Å². The standard InChI is InChI=1S/C24H25NO4.2Rh/c26-21-17-5-1-3-16-4-2-6-18(19(16)17)22(27)25(21)20(23(28)29)24-10-13-7-14(11-24)9-15(8-13)12-24;;/h1-6,13-15,20,23,28-29H,7-12H2;;/t13?,14?,15?,20-,24?;;/m1../s1. The molecule has 31 heavy (non-hydrogen) atoms. The van der Waals surface area contributed by atoms with E-state index in [1.807, 2.05) is 24.3 Å². The maximum absolute atomic E-state index is 13.5. The molecule has 1 aliphatic heterocycles. The van der Waals surface area contributed by atoms with Crippen LogP contribution < -0.4 is 0 Å². The van der Waals surface area contributed by atoms with Crippen LogP contribution in [-0.2, 0) is 39.0 Å². The minimum atomic E-state index is -1.73. The van der Waals surface area contributed by atoms with Gasteiger partial charge in [0.25, 0.3) is 11.8 Å². The van der Waals surface area contributed by atoms with Crippen LogP contribution in [0.5, 0.6) is 0 Å². The monoisotopic (exact) mass is 597 g/mol. The largest absolute Gasteiger partial charge is 0.366 e. The predicted molar refractivity (Wildman–Crippen MR) is 107 cm³/mol. The van der Waals surface area contributed by atoms with Crippen LogP contribution in [0.25, 0.3) is 10.8 Å². The second kappa shape index (κ2) is 8.10. The first-order valence-electron chi connectivity index (χ1n) is 10.7. The van der Waals surface area contributed by atoms with Crippen LogP contribution >= 0.6 is 0 Å². The molecular weight excluding hydrogens is 572 g/mol. The van der Waals surface area contributed by atoms with Gasteiger partial charge in [-0.25, -0.2) is 0 Å². The number of imide groups is 1. The van der Waals surface area contributed by atoms with E-state index in [-0.39, 0.29) is 44.4 Å². The van der Waals surface area contributed by atoms with E-state index in [2.05, 4.69) is 0 Å². The van der Waals surface area contributed by atoms with Crippen molar-refractivity contribution in [1.29, 1.82) is 0 Å². The van der Waals surface area contributed by atoms with Crippen molar-refractivity contribution in [2.45, 2.75) is 50.9 Å². The summed E-state index contributed by atoms with van der Waals surface area (Å²) in [4.78, 5) is 28.3. The third-order valence-electron chi connectivity index (χ3n) is 8.08. The summed E-state index contributed by atoms with van der Waals surface area (Å²) >= 11 is 0. The molecule has 4 fully saturated rings. The number of carbonyl (C=O) groups excluding carboxylic acids is 2. The summed E-state index contributed by atoms with van der Waals surface area (Å²) in [6.45, 7) is 0. The van der Waals surface area contributed by atoms with E-state index >= 15 is 0 Å². The van der Waals surface area contributed by atoms with Gasteiger partial charge in [-0.3, -0.25) is 14.5 Å². The summed E-state index contributed by atoms with van der Waals surface area (Å²) in [6, 6.07) is 10.0. The summed E-state index contributed by atoms with van der Waals surface area (Å²) < 4.78 is 0. The predicted octanol–water partition coefficient (Wildman–Crippen LogP) is 3.33. The van der Waals surface area contributed by atoms with Gasteiger partial charge in [-0.2, -0.15) is 0 Å². The topological polar surface area (TPSA) is 77.8 Å². The molecule has 5 aliphatic rings. The second-order valence-corrected chi connectivity index (χ2v) is 9.83. The molecule has 7 rings (SSSR count). The van der Waals surface area contributed by atoms with E-state index in [1.54, 1.807) is 12.1 Å². The molecule has 2 radical (unpaired) electrons. The first-order chi connectivity index (χ1) is 14.0. The van der Waals surface area contributed by atoms with Gasteiger partial charge in [0.05, 0.1) is 6.04 Å². The maximum Gasteiger partial charge on any atom is 0.261 e. The Bertz CT molecular complexity index is 967. The minimum Gasteiger partial charge on any atom is -0.366 e. The smallest absolute Gasteiger partial charge is 0.261 e. The van der Waals surface area contributed by atoms with Crippen molar-refractivity contribution in [3.8, 4) is 0 Å². The van der Waals surface area contributed by atoms with Crippen molar-refractivity contribution in [2.75, 3.05) is 0 Å². The Hall–Kier alpha value is -0.993. The van der Waals surface area contributed by atoms with Crippen molar-refractivity contribution in [1.82, 2.24) is 4.90 Å². The molecule has 2 aromatic rings. The SMILES string of the molecule is O=C1c2cccc3cccc(c23)C(=O)N1[C@H](C(O)O)C12CC3CC(CC(C3)C1)C2.[Rh].[Rh]. The fraction of sp³-hybridized carbons (Fsp3) is 0.500. The fourth-order valence-corrected chi connectivity index (χ4v) is 7.57. The van der Waals surface area contributed by atoms with Crippen molar-refractivity contribution < 1.29 is 58.8 Å². The molecule has 0 spiro atoms. The molecule has 1 heterocycles. The van der Waals surface area contributed by atoms with E-state index < -0.39 is 24.1 Å². The number of carbonyl (C=O) groups is 2. The zero-order valence-electron chi connectivity index (χ0n) is 16.9. The number of nitrogens with zero attached hydrogens (tertiary/aromatic N) is 1. The summed E-state index contributed by atoms with van der Waals surface area (Å²) in [5.41, 5.74) is 0.579. The van der Waals surface area contributed by atoms with E-state index in [0.29, 0.717) is 34.3 Å². The Labute approximate surface area is 207 Å². The molecule has 168 valence electrons. The third-order valence-corrected chi connectivity index (χ3v) is 8.08. The molecular formula is C24H25NO4Rh2. The number of amides is 2. The molecule has 2 amide bonds. The maximum atomic E-state index is 13.5. The van der Waals surface area contributed by atoms with Gasteiger partial charge >= 0.3 is 0 Å². The Balaban J connectivity index is 0.00000116. The summed E-state index contributed by atoms with van der Waals surface area (Å²) in [7, 11) is 0. The van der Waals surface area contributed by atoms with Gasteiger partial charge < -0.3 is 10.2 Å². The van der Waals surface area contributed by atoms with Crippen LogP contribution in [0.1, 0.15) is 59.2 Å². The van der Waals surface area contributed by atoms with Gasteiger partial charge in [0.1, 0.15) is 0 Å². The van der Waals surface area contributed by atoms with Crippen LogP contribution in [0.4, 0.5) is 0 Å². The quantitative estimate of drug-likeness (QED) is 0.324. The normalized spacial score (nSPS) is 31.6. The van der Waals surface area contributed by atoms with Crippen molar-refractivity contribution >= 4 is 22.6 Å². The van der Waals surface area contributed by atoms with E-state index in [9.17, 15) is 19.8 Å². The zero-order valence-corrected chi connectivity index (χ0v) is 20.2. The first kappa shape index (κ1) is 23.2. The van der Waals surface area contributed by atoms with Crippen LogP contribution in [0, 0.1) is 23.2 Å². The molecule has 2 aromatic carbocycles. The molecule has 4 aliphatic carbocycles. The fourth-order valence-electron chi connectivity index (χ4n) is 7.57. The van der Waals surface area contributed by atoms with Gasteiger partial charge in [0.15, 0.2) is 6.29 Å². The number of benzene rings is 2. The van der Waals surface area contributed by atoms with Crippen molar-refractivity contribution in [2.24, 2.45) is 23.2 Å². The van der Waals surface area contributed by atoms with Gasteiger partial charge in [-0.15, -0.1) is 0 Å². The Kier molecular flexibility index (Phi) is 6.05. The molecule has 0 saturated heterocycles. The van der Waals surface area contributed by atoms with E-state index in [0.717, 1.165) is 24.6 Å². The van der Waals surface area contributed by atoms with Crippen molar-refractivity contribution in [3.63, 3.8) is 0 Å². The number of hydrogen-bond acceptors (Lipinski definition) is 4. The van der Waals surface area contributed by atoms with Crippen LogP contribution in [-0.4, -0.2) is 39.3 Å². The van der Waals surface area contributed by atoms with Crippen LogP contribution in [0.2, 0.25) is 0 Å². The Morgan fingerprint density at radius 2 is 1.26 bits per heavy atom. The molecule has 4 saturated carbocycles. The zero-order chi connectivity index (χ0) is 19.9. The van der Waals surface area contributed by atoms with Gasteiger partial charge in [-0.1, -0.05) is 24.3 Å². The molecule has 0 aromatic heterocycles. The second-order valence-electron chi connectivity index (χ2n) is 9.83. The summed E-state index contributed by atoms with van der Waals surface area (Å²) in [6.07, 6.45) is 4.52. The van der Waals surface area contributed by atoms with Crippen LogP contribution in [0.3, 0.4) is 0 Å². The Morgan fingerprint density at radius 3 is 1.68 bits per heavy atom. The number of rotatable bonds is 3. The van der Waals surface area contributed by atoms with Crippen LogP contribution in [0.15, 0.2) is 36.4 Å². The summed E-state index contributed by atoms with van der Waals surface area (Å²) in [5, 5.41) is 22.6. The first-order valence-corrected chi connectivity index (χ1v) is 10.7. The average molecular weight is 597 g/mol.